The Morgan fingerprint density at radius 1 is 1.23 bits per heavy atom. The van der Waals surface area contributed by atoms with E-state index in [4.69, 9.17) is 4.55 Å². The van der Waals surface area contributed by atoms with Crippen LogP contribution in [0.4, 0.5) is 5.69 Å². The van der Waals surface area contributed by atoms with E-state index in [1.807, 2.05) is 0 Å². The Bertz CT molecular complexity index is 360. The van der Waals surface area contributed by atoms with E-state index in [-0.39, 0.29) is 34.5 Å². The van der Waals surface area contributed by atoms with E-state index in [0.717, 1.165) is 5.69 Å². The molecule has 13 heavy (non-hydrogen) atoms. The Morgan fingerprint density at radius 2 is 1.69 bits per heavy atom. The van der Waals surface area contributed by atoms with E-state index in [0.29, 0.717) is 0 Å². The number of nitrogens with one attached hydrogen (secondary N) is 1. The molecule has 0 bridgehead atoms. The second-order valence-electron chi connectivity index (χ2n) is 2.25. The Balaban J connectivity index is 0.00000144. The van der Waals surface area contributed by atoms with Gasteiger partial charge in [0.2, 0.25) is 0 Å². The van der Waals surface area contributed by atoms with Crippen molar-refractivity contribution in [2.45, 2.75) is 4.90 Å². The number of hydrogen-bond acceptors (Lipinski definition) is 3. The third-order valence-electron chi connectivity index (χ3n) is 1.44. The van der Waals surface area contributed by atoms with Gasteiger partial charge in [0.1, 0.15) is 0 Å². The van der Waals surface area contributed by atoms with E-state index in [2.05, 4.69) is 5.32 Å². The van der Waals surface area contributed by atoms with Crippen LogP contribution in [0.1, 0.15) is 0 Å². The van der Waals surface area contributed by atoms with Gasteiger partial charge in [-0.25, -0.2) is 0 Å². The summed E-state index contributed by atoms with van der Waals surface area (Å²) in [6.07, 6.45) is 0. The summed E-state index contributed by atoms with van der Waals surface area (Å²) in [5, 5.41) is 2.83. The Labute approximate surface area is 99.4 Å². The quantitative estimate of drug-likeness (QED) is 0.554. The van der Waals surface area contributed by atoms with Gasteiger partial charge in [0.25, 0.3) is 10.1 Å². The van der Waals surface area contributed by atoms with Crippen molar-refractivity contribution in [1.29, 1.82) is 0 Å². The van der Waals surface area contributed by atoms with Crippen molar-refractivity contribution in [2.24, 2.45) is 0 Å². The van der Waals surface area contributed by atoms with Crippen LogP contribution in [0.3, 0.4) is 0 Å². The molecule has 67 valence electrons. The molecular weight excluding hydrogens is 201 g/mol. The van der Waals surface area contributed by atoms with Crippen molar-refractivity contribution < 1.29 is 13.0 Å². The zero-order chi connectivity index (χ0) is 9.19. The molecule has 0 saturated heterocycles. The first kappa shape index (κ1) is 12.9. The first-order chi connectivity index (χ1) is 5.54. The van der Waals surface area contributed by atoms with E-state index < -0.39 is 10.1 Å². The second-order valence-corrected chi connectivity index (χ2v) is 3.67. The first-order valence-corrected chi connectivity index (χ1v) is 4.73. The largest absolute Gasteiger partial charge is 0.388 e. The molecular formula is C7H9NNaO3S. The van der Waals surface area contributed by atoms with Crippen molar-refractivity contribution in [3.05, 3.63) is 24.3 Å². The molecule has 1 rings (SSSR count). The van der Waals surface area contributed by atoms with E-state index >= 15 is 0 Å². The fourth-order valence-electron chi connectivity index (χ4n) is 0.794. The number of hydrogen-bond donors (Lipinski definition) is 2. The minimum Gasteiger partial charge on any atom is -0.388 e. The van der Waals surface area contributed by atoms with Crippen LogP contribution in [-0.4, -0.2) is 49.6 Å². The molecule has 0 unspecified atom stereocenters. The summed E-state index contributed by atoms with van der Waals surface area (Å²) in [6, 6.07) is 5.81. The molecule has 0 aromatic heterocycles. The maximum absolute atomic E-state index is 10.6. The average Bonchev–Trinajstić information content (AvgIpc) is 2.03. The van der Waals surface area contributed by atoms with Crippen LogP contribution in [0.5, 0.6) is 0 Å². The molecule has 0 aliphatic heterocycles. The van der Waals surface area contributed by atoms with Gasteiger partial charge < -0.3 is 5.32 Å². The van der Waals surface area contributed by atoms with Crippen LogP contribution in [0, 0.1) is 0 Å². The molecule has 6 heteroatoms. The van der Waals surface area contributed by atoms with Crippen molar-refractivity contribution >= 4 is 45.4 Å². The third kappa shape index (κ3) is 3.66. The maximum atomic E-state index is 10.6. The van der Waals surface area contributed by atoms with Crippen LogP contribution in [-0.2, 0) is 10.1 Å². The molecule has 4 nitrogen and oxygen atoms in total. The van der Waals surface area contributed by atoms with Crippen LogP contribution in [0.25, 0.3) is 0 Å². The summed E-state index contributed by atoms with van der Waals surface area (Å²) in [4.78, 5) is -0.0958. The molecule has 0 aliphatic rings. The Hall–Kier alpha value is -0.0700. The van der Waals surface area contributed by atoms with Gasteiger partial charge in [-0.2, -0.15) is 8.42 Å². The molecule has 0 spiro atoms. The van der Waals surface area contributed by atoms with Gasteiger partial charge in [0.15, 0.2) is 0 Å². The molecule has 0 heterocycles. The minimum atomic E-state index is -4.06. The molecule has 0 fully saturated rings. The summed E-state index contributed by atoms with van der Waals surface area (Å²) in [7, 11) is -2.33. The average molecular weight is 210 g/mol. The standard InChI is InChI=1S/C7H9NO3S.Na/c1-8-6-2-4-7(5-3-6)12(9,10)11;/h2-5,8H,1H3,(H,9,10,11);. The van der Waals surface area contributed by atoms with Gasteiger partial charge in [0.05, 0.1) is 4.90 Å². The summed E-state index contributed by atoms with van der Waals surface area (Å²) >= 11 is 0. The van der Waals surface area contributed by atoms with Crippen LogP contribution in [0.2, 0.25) is 0 Å². The topological polar surface area (TPSA) is 66.4 Å². The zero-order valence-corrected chi connectivity index (χ0v) is 10.3. The fourth-order valence-corrected chi connectivity index (χ4v) is 1.27. The van der Waals surface area contributed by atoms with E-state index in [9.17, 15) is 8.42 Å². The molecule has 0 aliphatic carbocycles. The number of anilines is 1. The van der Waals surface area contributed by atoms with Gasteiger partial charge in [0, 0.05) is 42.3 Å². The van der Waals surface area contributed by atoms with Gasteiger partial charge in [-0.3, -0.25) is 4.55 Å². The maximum Gasteiger partial charge on any atom is 0.294 e. The van der Waals surface area contributed by atoms with Gasteiger partial charge in [-0.15, -0.1) is 0 Å². The summed E-state index contributed by atoms with van der Waals surface area (Å²) in [6.45, 7) is 0. The van der Waals surface area contributed by atoms with Crippen LogP contribution in [0.15, 0.2) is 29.2 Å². The summed E-state index contributed by atoms with van der Waals surface area (Å²) < 4.78 is 29.7. The van der Waals surface area contributed by atoms with Crippen molar-refractivity contribution in [3.8, 4) is 0 Å². The second kappa shape index (κ2) is 4.97. The van der Waals surface area contributed by atoms with Crippen molar-refractivity contribution in [1.82, 2.24) is 0 Å². The zero-order valence-electron chi connectivity index (χ0n) is 7.48. The minimum absolute atomic E-state index is 0. The predicted molar refractivity (Wildman–Crippen MR) is 51.6 cm³/mol. The van der Waals surface area contributed by atoms with Gasteiger partial charge >= 0.3 is 0 Å². The van der Waals surface area contributed by atoms with E-state index in [1.54, 1.807) is 19.2 Å². The van der Waals surface area contributed by atoms with Crippen LogP contribution < -0.4 is 5.32 Å². The first-order valence-electron chi connectivity index (χ1n) is 3.29. The predicted octanol–water partition coefficient (Wildman–Crippen LogP) is 0.594. The van der Waals surface area contributed by atoms with E-state index in [1.165, 1.54) is 12.1 Å². The molecule has 2 N–H and O–H groups in total. The van der Waals surface area contributed by atoms with Gasteiger partial charge in [-0.1, -0.05) is 0 Å². The number of benzene rings is 1. The Morgan fingerprint density at radius 3 is 2.00 bits per heavy atom. The van der Waals surface area contributed by atoms with Gasteiger partial charge in [-0.05, 0) is 24.3 Å². The molecule has 1 aromatic rings. The molecule has 1 aromatic carbocycles. The monoisotopic (exact) mass is 210 g/mol. The third-order valence-corrected chi connectivity index (χ3v) is 2.31. The SMILES string of the molecule is CNc1ccc(S(=O)(=O)O)cc1.[Na]. The smallest absolute Gasteiger partial charge is 0.294 e. The normalized spacial score (nSPS) is 10.3. The van der Waals surface area contributed by atoms with Crippen LogP contribution >= 0.6 is 0 Å². The molecule has 1 radical (unpaired) electrons. The summed E-state index contributed by atoms with van der Waals surface area (Å²) in [5.74, 6) is 0. The Kier molecular flexibility index (Phi) is 4.95. The molecule has 0 amide bonds. The van der Waals surface area contributed by atoms with Crippen molar-refractivity contribution in [3.63, 3.8) is 0 Å². The number of rotatable bonds is 2. The summed E-state index contributed by atoms with van der Waals surface area (Å²) in [5.41, 5.74) is 0.794. The molecule has 0 saturated carbocycles. The molecule has 0 atom stereocenters. The fraction of sp³-hybridized carbons (Fsp3) is 0.143. The van der Waals surface area contributed by atoms with Crippen molar-refractivity contribution in [2.75, 3.05) is 12.4 Å².